The van der Waals surface area contributed by atoms with E-state index in [0.29, 0.717) is 12.0 Å². The van der Waals surface area contributed by atoms with Crippen LogP contribution in [0.25, 0.3) is 0 Å². The molecule has 5 nitrogen and oxygen atoms in total. The van der Waals surface area contributed by atoms with Crippen LogP contribution in [-0.2, 0) is 4.79 Å². The Labute approximate surface area is 155 Å². The summed E-state index contributed by atoms with van der Waals surface area (Å²) in [5.74, 6) is -4.47. The molecule has 0 radical (unpaired) electrons. The lowest BCUT2D eigenvalue weighted by atomic mass is 10.2. The van der Waals surface area contributed by atoms with Crippen LogP contribution >= 0.6 is 24.0 Å². The molecule has 3 N–H and O–H groups in total. The van der Waals surface area contributed by atoms with Gasteiger partial charge in [0, 0.05) is 13.1 Å². The van der Waals surface area contributed by atoms with Gasteiger partial charge >= 0.3 is 0 Å². The number of hydrogen-bond acceptors (Lipinski definition) is 2. The summed E-state index contributed by atoms with van der Waals surface area (Å²) >= 11 is 0. The maximum absolute atomic E-state index is 13.5. The Morgan fingerprint density at radius 1 is 1.21 bits per heavy atom. The molecule has 0 saturated heterocycles. The zero-order valence-corrected chi connectivity index (χ0v) is 15.5. The maximum Gasteiger partial charge on any atom is 0.243 e. The van der Waals surface area contributed by atoms with Gasteiger partial charge in [-0.05, 0) is 25.0 Å². The largest absolute Gasteiger partial charge is 0.354 e. The first-order valence-corrected chi connectivity index (χ1v) is 7.41. The number of halogens is 4. The zero-order chi connectivity index (χ0) is 16.8. The number of amides is 1. The van der Waals surface area contributed by atoms with Crippen molar-refractivity contribution >= 4 is 41.5 Å². The molecule has 1 aromatic carbocycles. The number of guanidine groups is 1. The van der Waals surface area contributed by atoms with Gasteiger partial charge in [-0.2, -0.15) is 0 Å². The summed E-state index contributed by atoms with van der Waals surface area (Å²) in [6.45, 7) is -0.176. The minimum absolute atomic E-state index is 0. The van der Waals surface area contributed by atoms with Crippen molar-refractivity contribution in [2.45, 2.75) is 31.7 Å². The number of rotatable bonds is 4. The molecule has 1 aliphatic carbocycles. The lowest BCUT2D eigenvalue weighted by molar-refractivity contribution is -0.115. The molecule has 0 unspecified atom stereocenters. The number of benzene rings is 1. The van der Waals surface area contributed by atoms with E-state index in [0.717, 1.165) is 37.8 Å². The number of carbonyl (C=O) groups excluding carboxylic acids is 1. The van der Waals surface area contributed by atoms with Gasteiger partial charge in [-0.15, -0.1) is 24.0 Å². The maximum atomic E-state index is 13.5. The molecule has 0 aromatic heterocycles. The number of anilines is 1. The molecule has 1 saturated carbocycles. The van der Waals surface area contributed by atoms with Crippen LogP contribution in [0.5, 0.6) is 0 Å². The summed E-state index contributed by atoms with van der Waals surface area (Å²) in [4.78, 5) is 15.8. The Kier molecular flexibility index (Phi) is 8.29. The van der Waals surface area contributed by atoms with Crippen molar-refractivity contribution < 1.29 is 18.0 Å². The summed E-state index contributed by atoms with van der Waals surface area (Å²) in [7, 11) is 1.58. The lowest BCUT2D eigenvalue weighted by Gasteiger charge is -2.16. The van der Waals surface area contributed by atoms with Gasteiger partial charge in [-0.3, -0.25) is 9.79 Å². The van der Waals surface area contributed by atoms with E-state index in [-0.39, 0.29) is 30.5 Å². The first kappa shape index (κ1) is 20.5. The van der Waals surface area contributed by atoms with Gasteiger partial charge in [-0.25, -0.2) is 13.2 Å². The van der Waals surface area contributed by atoms with Crippen molar-refractivity contribution in [3.8, 4) is 0 Å². The van der Waals surface area contributed by atoms with E-state index in [1.54, 1.807) is 7.05 Å². The van der Waals surface area contributed by atoms with E-state index < -0.39 is 29.0 Å². The first-order valence-electron chi connectivity index (χ1n) is 7.41. The van der Waals surface area contributed by atoms with Crippen LogP contribution in [0, 0.1) is 17.5 Å². The predicted molar refractivity (Wildman–Crippen MR) is 97.1 cm³/mol. The van der Waals surface area contributed by atoms with Crippen LogP contribution in [0.2, 0.25) is 0 Å². The van der Waals surface area contributed by atoms with Gasteiger partial charge in [0.05, 0.1) is 12.2 Å². The molecule has 0 spiro atoms. The standard InChI is InChI=1S/C15H19F3N4O.HI/c1-19-15(21-9-4-2-3-5-9)20-8-12(23)22-11-7-6-10(16)13(17)14(11)18;/h6-7,9H,2-5,8H2,1H3,(H,22,23)(H2,19,20,21);1H. The molecular weight excluding hydrogens is 436 g/mol. The molecule has 1 aliphatic rings. The van der Waals surface area contributed by atoms with Crippen LogP contribution in [0.4, 0.5) is 18.9 Å². The Morgan fingerprint density at radius 3 is 2.50 bits per heavy atom. The van der Waals surface area contributed by atoms with Crippen LogP contribution in [0.1, 0.15) is 25.7 Å². The fraction of sp³-hybridized carbons (Fsp3) is 0.467. The van der Waals surface area contributed by atoms with Gasteiger partial charge < -0.3 is 16.0 Å². The number of nitrogens with one attached hydrogen (secondary N) is 3. The molecule has 1 aromatic rings. The minimum Gasteiger partial charge on any atom is -0.354 e. The van der Waals surface area contributed by atoms with Crippen molar-refractivity contribution in [1.29, 1.82) is 0 Å². The third-order valence-corrected chi connectivity index (χ3v) is 3.65. The summed E-state index contributed by atoms with van der Waals surface area (Å²) in [6, 6.07) is 2.05. The second-order valence-electron chi connectivity index (χ2n) is 5.32. The molecular formula is C15H20F3IN4O. The normalized spacial score (nSPS) is 14.9. The van der Waals surface area contributed by atoms with Gasteiger partial charge in [0.2, 0.25) is 5.91 Å². The molecule has 1 fully saturated rings. The average Bonchev–Trinajstić information content (AvgIpc) is 3.05. The highest BCUT2D eigenvalue weighted by Crippen LogP contribution is 2.19. The van der Waals surface area contributed by atoms with E-state index in [9.17, 15) is 18.0 Å². The molecule has 134 valence electrons. The van der Waals surface area contributed by atoms with E-state index in [4.69, 9.17) is 0 Å². The van der Waals surface area contributed by atoms with Gasteiger partial charge in [0.25, 0.3) is 0 Å². The lowest BCUT2D eigenvalue weighted by Crippen LogP contribution is -2.45. The molecule has 0 aliphatic heterocycles. The first-order chi connectivity index (χ1) is 11.0. The van der Waals surface area contributed by atoms with Gasteiger partial charge in [0.1, 0.15) is 0 Å². The van der Waals surface area contributed by atoms with Crippen LogP contribution in [0.15, 0.2) is 17.1 Å². The Balaban J connectivity index is 0.00000288. The van der Waals surface area contributed by atoms with Crippen LogP contribution in [0.3, 0.4) is 0 Å². The highest BCUT2D eigenvalue weighted by atomic mass is 127. The molecule has 2 rings (SSSR count). The van der Waals surface area contributed by atoms with Crippen molar-refractivity contribution in [2.24, 2.45) is 4.99 Å². The summed E-state index contributed by atoms with van der Waals surface area (Å²) < 4.78 is 39.4. The molecule has 0 heterocycles. The number of nitrogens with zero attached hydrogens (tertiary/aromatic N) is 1. The van der Waals surface area contributed by atoms with E-state index >= 15 is 0 Å². The fourth-order valence-corrected chi connectivity index (χ4v) is 2.44. The van der Waals surface area contributed by atoms with Crippen molar-refractivity contribution in [3.63, 3.8) is 0 Å². The molecule has 24 heavy (non-hydrogen) atoms. The number of hydrogen-bond donors (Lipinski definition) is 3. The third kappa shape index (κ3) is 5.53. The topological polar surface area (TPSA) is 65.5 Å². The summed E-state index contributed by atoms with van der Waals surface area (Å²) in [6.07, 6.45) is 4.41. The second-order valence-corrected chi connectivity index (χ2v) is 5.32. The fourth-order valence-electron chi connectivity index (χ4n) is 2.44. The highest BCUT2D eigenvalue weighted by Gasteiger charge is 2.17. The Bertz CT molecular complexity index is 607. The number of carbonyl (C=O) groups is 1. The van der Waals surface area contributed by atoms with Crippen LogP contribution in [-0.4, -0.2) is 31.5 Å². The Morgan fingerprint density at radius 2 is 1.88 bits per heavy atom. The van der Waals surface area contributed by atoms with Crippen molar-refractivity contribution in [2.75, 3.05) is 18.9 Å². The monoisotopic (exact) mass is 456 g/mol. The molecule has 1 amide bonds. The quantitative estimate of drug-likeness (QED) is 0.283. The third-order valence-electron chi connectivity index (χ3n) is 3.65. The minimum atomic E-state index is -1.62. The molecule has 0 bridgehead atoms. The number of aliphatic imine (C=N–C) groups is 1. The van der Waals surface area contributed by atoms with Crippen molar-refractivity contribution in [1.82, 2.24) is 10.6 Å². The smallest absolute Gasteiger partial charge is 0.243 e. The van der Waals surface area contributed by atoms with Gasteiger partial charge in [-0.1, -0.05) is 12.8 Å². The van der Waals surface area contributed by atoms with E-state index in [1.807, 2.05) is 0 Å². The SMILES string of the molecule is CN=C(NCC(=O)Nc1ccc(F)c(F)c1F)NC1CCCC1.I. The van der Waals surface area contributed by atoms with Crippen molar-refractivity contribution in [3.05, 3.63) is 29.6 Å². The summed E-state index contributed by atoms with van der Waals surface area (Å²) in [5, 5.41) is 8.17. The van der Waals surface area contributed by atoms with E-state index in [1.165, 1.54) is 0 Å². The van der Waals surface area contributed by atoms with Crippen LogP contribution < -0.4 is 16.0 Å². The average molecular weight is 456 g/mol. The van der Waals surface area contributed by atoms with Gasteiger partial charge in [0.15, 0.2) is 23.4 Å². The Hall–Kier alpha value is -1.52. The summed E-state index contributed by atoms with van der Waals surface area (Å²) in [5.41, 5.74) is -0.408. The predicted octanol–water partition coefficient (Wildman–Crippen LogP) is 2.77. The highest BCUT2D eigenvalue weighted by molar-refractivity contribution is 14.0. The van der Waals surface area contributed by atoms with E-state index in [2.05, 4.69) is 20.9 Å². The second kappa shape index (κ2) is 9.70. The molecule has 9 heteroatoms. The zero-order valence-electron chi connectivity index (χ0n) is 13.2. The molecule has 0 atom stereocenters.